The number of hydrogen-bond acceptors (Lipinski definition) is 5. The van der Waals surface area contributed by atoms with E-state index in [0.29, 0.717) is 0 Å². The molecule has 118 valence electrons. The number of carbonyl (C=O) groups is 2. The van der Waals surface area contributed by atoms with Crippen LogP contribution in [0.5, 0.6) is 0 Å². The Balaban J connectivity index is 2.52. The Kier molecular flexibility index (Phi) is 7.10. The van der Waals surface area contributed by atoms with Crippen molar-refractivity contribution in [2.75, 3.05) is 13.7 Å². The third-order valence-electron chi connectivity index (χ3n) is 2.85. The monoisotopic (exact) mass is 315 g/mol. The summed E-state index contributed by atoms with van der Waals surface area (Å²) < 4.78 is 4.83. The lowest BCUT2D eigenvalue weighted by Crippen LogP contribution is -2.47. The van der Waals surface area contributed by atoms with Crippen LogP contribution in [0.15, 0.2) is 6.20 Å². The lowest BCUT2D eigenvalue weighted by Gasteiger charge is -2.17. The quantitative estimate of drug-likeness (QED) is 0.676. The van der Waals surface area contributed by atoms with E-state index in [4.69, 9.17) is 9.84 Å². The lowest BCUT2D eigenvalue weighted by atomic mass is 10.2. The molecule has 1 aromatic heterocycles. The number of aromatic nitrogens is 1. The van der Waals surface area contributed by atoms with Gasteiger partial charge in [0.25, 0.3) is 0 Å². The first-order valence-electron chi connectivity index (χ1n) is 6.71. The molecule has 0 fully saturated rings. The number of nitrogens with one attached hydrogen (secondary N) is 2. The van der Waals surface area contributed by atoms with Gasteiger partial charge in [0.1, 0.15) is 11.0 Å². The minimum atomic E-state index is -1.09. The number of aryl methyl sites for hydroxylation is 1. The first-order chi connectivity index (χ1) is 9.97. The highest BCUT2D eigenvalue weighted by molar-refractivity contribution is 7.11. The Labute approximate surface area is 127 Å². The van der Waals surface area contributed by atoms with Crippen molar-refractivity contribution in [3.05, 3.63) is 16.1 Å². The largest absolute Gasteiger partial charge is 0.480 e. The summed E-state index contributed by atoms with van der Waals surface area (Å²) in [6.07, 6.45) is 2.90. The second kappa shape index (κ2) is 8.58. The molecule has 21 heavy (non-hydrogen) atoms. The Morgan fingerprint density at radius 1 is 1.48 bits per heavy atom. The zero-order valence-corrected chi connectivity index (χ0v) is 13.2. The van der Waals surface area contributed by atoms with Crippen molar-refractivity contribution in [3.8, 4) is 0 Å². The topological polar surface area (TPSA) is 101 Å². The number of aliphatic carboxylic acids is 1. The van der Waals surface area contributed by atoms with E-state index in [1.165, 1.54) is 18.4 Å². The molecule has 2 atom stereocenters. The molecule has 0 aromatic carbocycles. The molecule has 7 nitrogen and oxygen atoms in total. The number of amides is 2. The van der Waals surface area contributed by atoms with Crippen LogP contribution in [0.2, 0.25) is 0 Å². The van der Waals surface area contributed by atoms with Crippen molar-refractivity contribution in [3.63, 3.8) is 0 Å². The van der Waals surface area contributed by atoms with Crippen LogP contribution >= 0.6 is 11.3 Å². The first-order valence-corrected chi connectivity index (χ1v) is 7.52. The van der Waals surface area contributed by atoms with Gasteiger partial charge < -0.3 is 20.5 Å². The summed E-state index contributed by atoms with van der Waals surface area (Å²) in [5.74, 6) is -1.09. The summed E-state index contributed by atoms with van der Waals surface area (Å²) in [4.78, 5) is 28.2. The van der Waals surface area contributed by atoms with Gasteiger partial charge in [0, 0.05) is 31.2 Å². The van der Waals surface area contributed by atoms with E-state index < -0.39 is 18.0 Å². The van der Waals surface area contributed by atoms with Crippen molar-refractivity contribution >= 4 is 23.3 Å². The molecule has 0 saturated heterocycles. The van der Waals surface area contributed by atoms with Gasteiger partial charge in [-0.05, 0) is 13.3 Å². The normalized spacial score (nSPS) is 13.5. The Bertz CT molecular complexity index is 478. The number of carboxylic acid groups (broad SMARTS) is 1. The van der Waals surface area contributed by atoms with Crippen molar-refractivity contribution in [1.82, 2.24) is 15.6 Å². The minimum Gasteiger partial charge on any atom is -0.480 e. The van der Waals surface area contributed by atoms with Gasteiger partial charge in [0.05, 0.1) is 6.04 Å². The van der Waals surface area contributed by atoms with Gasteiger partial charge >= 0.3 is 12.0 Å². The van der Waals surface area contributed by atoms with Gasteiger partial charge in [-0.3, -0.25) is 0 Å². The number of rotatable bonds is 8. The van der Waals surface area contributed by atoms with E-state index in [9.17, 15) is 9.59 Å². The van der Waals surface area contributed by atoms with E-state index in [2.05, 4.69) is 15.6 Å². The van der Waals surface area contributed by atoms with Gasteiger partial charge in [-0.2, -0.15) is 0 Å². The molecule has 8 heteroatoms. The fraction of sp³-hybridized carbons (Fsp3) is 0.615. The maximum Gasteiger partial charge on any atom is 0.326 e. The fourth-order valence-electron chi connectivity index (χ4n) is 1.64. The SMILES string of the molecule is CCc1cnc(C(C)NC(=O)NC(CCOC)C(=O)O)s1. The van der Waals surface area contributed by atoms with Gasteiger partial charge in [0.2, 0.25) is 0 Å². The fourth-order valence-corrected chi connectivity index (χ4v) is 2.50. The molecule has 0 saturated carbocycles. The summed E-state index contributed by atoms with van der Waals surface area (Å²) in [6, 6.07) is -1.77. The molecule has 0 aliphatic rings. The predicted octanol–water partition coefficient (Wildman–Crippen LogP) is 1.56. The molecule has 0 aliphatic heterocycles. The summed E-state index contributed by atoms with van der Waals surface area (Å²) in [7, 11) is 1.48. The Morgan fingerprint density at radius 3 is 2.71 bits per heavy atom. The van der Waals surface area contributed by atoms with Crippen LogP contribution in [-0.2, 0) is 16.0 Å². The molecule has 2 unspecified atom stereocenters. The summed E-state index contributed by atoms with van der Waals surface area (Å²) in [5, 5.41) is 14.9. The van der Waals surface area contributed by atoms with Crippen LogP contribution in [0, 0.1) is 0 Å². The molecular weight excluding hydrogens is 294 g/mol. The van der Waals surface area contributed by atoms with E-state index in [1.54, 1.807) is 6.20 Å². The highest BCUT2D eigenvalue weighted by atomic mass is 32.1. The molecule has 0 radical (unpaired) electrons. The van der Waals surface area contributed by atoms with Gasteiger partial charge in [-0.15, -0.1) is 11.3 Å². The van der Waals surface area contributed by atoms with Crippen molar-refractivity contribution < 1.29 is 19.4 Å². The number of nitrogens with zero attached hydrogens (tertiary/aromatic N) is 1. The zero-order chi connectivity index (χ0) is 15.8. The lowest BCUT2D eigenvalue weighted by molar-refractivity contribution is -0.139. The van der Waals surface area contributed by atoms with Crippen LogP contribution < -0.4 is 10.6 Å². The molecule has 3 N–H and O–H groups in total. The average Bonchev–Trinajstić information content (AvgIpc) is 2.92. The second-order valence-corrected chi connectivity index (χ2v) is 5.68. The van der Waals surface area contributed by atoms with E-state index >= 15 is 0 Å². The second-order valence-electron chi connectivity index (χ2n) is 4.53. The molecule has 0 bridgehead atoms. The van der Waals surface area contributed by atoms with Crippen LogP contribution in [0.3, 0.4) is 0 Å². The molecule has 1 aromatic rings. The number of thiazole rings is 1. The van der Waals surface area contributed by atoms with Crippen molar-refractivity contribution in [2.45, 2.75) is 38.8 Å². The minimum absolute atomic E-state index is 0.213. The number of carboxylic acids is 1. The maximum absolute atomic E-state index is 11.8. The van der Waals surface area contributed by atoms with Gasteiger partial charge in [-0.25, -0.2) is 14.6 Å². The van der Waals surface area contributed by atoms with Gasteiger partial charge in [-0.1, -0.05) is 6.92 Å². The van der Waals surface area contributed by atoms with Crippen molar-refractivity contribution in [1.29, 1.82) is 0 Å². The number of carbonyl (C=O) groups excluding carboxylic acids is 1. The summed E-state index contributed by atoms with van der Waals surface area (Å²) in [6.45, 7) is 4.11. The third-order valence-corrected chi connectivity index (χ3v) is 4.18. The Morgan fingerprint density at radius 2 is 2.19 bits per heavy atom. The highest BCUT2D eigenvalue weighted by Crippen LogP contribution is 2.20. The van der Waals surface area contributed by atoms with Crippen molar-refractivity contribution in [2.24, 2.45) is 0 Å². The molecule has 0 aliphatic carbocycles. The van der Waals surface area contributed by atoms with Crippen LogP contribution in [0.4, 0.5) is 4.79 Å². The third kappa shape index (κ3) is 5.68. The number of hydrogen-bond donors (Lipinski definition) is 3. The predicted molar refractivity (Wildman–Crippen MR) is 79.5 cm³/mol. The summed E-state index contributed by atoms with van der Waals surface area (Å²) in [5.41, 5.74) is 0. The molecular formula is C13H21N3O4S. The molecule has 0 spiro atoms. The van der Waals surface area contributed by atoms with E-state index in [-0.39, 0.29) is 19.1 Å². The number of urea groups is 1. The standard InChI is InChI=1S/C13H21N3O4S/c1-4-9-7-14-11(21-9)8(2)15-13(19)16-10(12(17)18)5-6-20-3/h7-8,10H,4-6H2,1-3H3,(H,17,18)(H2,15,16,19). The first kappa shape index (κ1) is 17.4. The van der Waals surface area contributed by atoms with Crippen LogP contribution in [-0.4, -0.2) is 41.8 Å². The van der Waals surface area contributed by atoms with Crippen LogP contribution in [0.25, 0.3) is 0 Å². The summed E-state index contributed by atoms with van der Waals surface area (Å²) >= 11 is 1.53. The zero-order valence-electron chi connectivity index (χ0n) is 12.4. The average molecular weight is 315 g/mol. The van der Waals surface area contributed by atoms with E-state index in [1.807, 2.05) is 13.8 Å². The maximum atomic E-state index is 11.8. The number of methoxy groups -OCH3 is 1. The Hall–Kier alpha value is -1.67. The highest BCUT2D eigenvalue weighted by Gasteiger charge is 2.21. The van der Waals surface area contributed by atoms with Gasteiger partial charge in [0.15, 0.2) is 0 Å². The molecule has 2 amide bonds. The molecule has 1 heterocycles. The van der Waals surface area contributed by atoms with Crippen LogP contribution in [0.1, 0.15) is 36.2 Å². The van der Waals surface area contributed by atoms with E-state index in [0.717, 1.165) is 16.3 Å². The number of ether oxygens (including phenoxy) is 1. The smallest absolute Gasteiger partial charge is 0.326 e. The molecule has 1 rings (SSSR count).